The SMILES string of the molecule is COc1ccc(Cc2nc3cc(OC)c(OC)cc3[nH]c2=O)cc1. The number of H-pyrrole nitrogens is 1. The van der Waals surface area contributed by atoms with E-state index in [0.29, 0.717) is 34.6 Å². The summed E-state index contributed by atoms with van der Waals surface area (Å²) in [4.78, 5) is 19.6. The fourth-order valence-corrected chi connectivity index (χ4v) is 2.51. The summed E-state index contributed by atoms with van der Waals surface area (Å²) in [5.74, 6) is 1.89. The molecule has 3 aromatic rings. The van der Waals surface area contributed by atoms with Gasteiger partial charge in [0.1, 0.15) is 11.4 Å². The number of benzene rings is 2. The van der Waals surface area contributed by atoms with Crippen LogP contribution in [0.4, 0.5) is 0 Å². The van der Waals surface area contributed by atoms with Crippen molar-refractivity contribution >= 4 is 11.0 Å². The molecule has 0 aliphatic heterocycles. The van der Waals surface area contributed by atoms with E-state index in [-0.39, 0.29) is 5.56 Å². The Bertz CT molecular complexity index is 917. The van der Waals surface area contributed by atoms with Crippen LogP contribution in [0.3, 0.4) is 0 Å². The zero-order valence-corrected chi connectivity index (χ0v) is 13.8. The van der Waals surface area contributed by atoms with Crippen molar-refractivity contribution in [3.63, 3.8) is 0 Å². The van der Waals surface area contributed by atoms with E-state index < -0.39 is 0 Å². The highest BCUT2D eigenvalue weighted by atomic mass is 16.5. The minimum Gasteiger partial charge on any atom is -0.497 e. The third-order valence-electron chi connectivity index (χ3n) is 3.80. The van der Waals surface area contributed by atoms with Crippen molar-refractivity contribution in [1.29, 1.82) is 0 Å². The van der Waals surface area contributed by atoms with Crippen molar-refractivity contribution in [2.75, 3.05) is 21.3 Å². The van der Waals surface area contributed by atoms with Crippen molar-refractivity contribution in [2.45, 2.75) is 6.42 Å². The van der Waals surface area contributed by atoms with E-state index in [4.69, 9.17) is 14.2 Å². The number of aromatic nitrogens is 2. The Balaban J connectivity index is 2.01. The van der Waals surface area contributed by atoms with E-state index in [1.165, 1.54) is 0 Å². The highest BCUT2D eigenvalue weighted by molar-refractivity contribution is 5.78. The molecule has 0 aliphatic carbocycles. The topological polar surface area (TPSA) is 73.4 Å². The van der Waals surface area contributed by atoms with Gasteiger partial charge in [-0.25, -0.2) is 4.98 Å². The molecule has 0 bridgehead atoms. The first-order valence-corrected chi connectivity index (χ1v) is 7.42. The van der Waals surface area contributed by atoms with Gasteiger partial charge in [-0.15, -0.1) is 0 Å². The van der Waals surface area contributed by atoms with Gasteiger partial charge >= 0.3 is 0 Å². The van der Waals surface area contributed by atoms with Gasteiger partial charge < -0.3 is 19.2 Å². The van der Waals surface area contributed by atoms with Crippen LogP contribution >= 0.6 is 0 Å². The molecule has 0 unspecified atom stereocenters. The van der Waals surface area contributed by atoms with Gasteiger partial charge in [-0.05, 0) is 17.7 Å². The van der Waals surface area contributed by atoms with Crippen molar-refractivity contribution < 1.29 is 14.2 Å². The lowest BCUT2D eigenvalue weighted by Crippen LogP contribution is -2.15. The lowest BCUT2D eigenvalue weighted by molar-refractivity contribution is 0.355. The summed E-state index contributed by atoms with van der Waals surface area (Å²) in [6.07, 6.45) is 0.434. The van der Waals surface area contributed by atoms with Crippen molar-refractivity contribution in [3.05, 3.63) is 58.0 Å². The second-order valence-electron chi connectivity index (χ2n) is 5.26. The fraction of sp³-hybridized carbons (Fsp3) is 0.222. The maximum absolute atomic E-state index is 12.3. The number of ether oxygens (including phenoxy) is 3. The maximum atomic E-state index is 12.3. The van der Waals surface area contributed by atoms with Gasteiger partial charge in [0.25, 0.3) is 5.56 Å². The molecule has 3 rings (SSSR count). The lowest BCUT2D eigenvalue weighted by atomic mass is 10.1. The van der Waals surface area contributed by atoms with Gasteiger partial charge in [0, 0.05) is 18.6 Å². The first-order valence-electron chi connectivity index (χ1n) is 7.42. The summed E-state index contributed by atoms with van der Waals surface area (Å²) in [6.45, 7) is 0. The number of fused-ring (bicyclic) bond motifs is 1. The van der Waals surface area contributed by atoms with E-state index in [1.54, 1.807) is 33.5 Å². The molecule has 6 heteroatoms. The third-order valence-corrected chi connectivity index (χ3v) is 3.80. The Hall–Kier alpha value is -3.02. The first kappa shape index (κ1) is 15.9. The monoisotopic (exact) mass is 326 g/mol. The molecule has 0 saturated heterocycles. The molecule has 0 amide bonds. The van der Waals surface area contributed by atoms with Gasteiger partial charge in [-0.3, -0.25) is 4.79 Å². The predicted molar refractivity (Wildman–Crippen MR) is 91.3 cm³/mol. The van der Waals surface area contributed by atoms with E-state index in [0.717, 1.165) is 11.3 Å². The molecule has 0 spiro atoms. The van der Waals surface area contributed by atoms with Gasteiger partial charge in [0.15, 0.2) is 11.5 Å². The van der Waals surface area contributed by atoms with Crippen LogP contribution in [0.1, 0.15) is 11.3 Å². The highest BCUT2D eigenvalue weighted by Gasteiger charge is 2.11. The molecule has 6 nitrogen and oxygen atoms in total. The Kier molecular flexibility index (Phi) is 4.37. The Morgan fingerprint density at radius 2 is 1.62 bits per heavy atom. The molecule has 0 fully saturated rings. The normalized spacial score (nSPS) is 10.6. The number of methoxy groups -OCH3 is 3. The number of aromatic amines is 1. The van der Waals surface area contributed by atoms with Gasteiger partial charge in [-0.1, -0.05) is 12.1 Å². The van der Waals surface area contributed by atoms with E-state index in [9.17, 15) is 4.79 Å². The second-order valence-corrected chi connectivity index (χ2v) is 5.26. The summed E-state index contributed by atoms with van der Waals surface area (Å²) < 4.78 is 15.7. The van der Waals surface area contributed by atoms with Crippen LogP contribution in [0.5, 0.6) is 17.2 Å². The Labute approximate surface area is 139 Å². The van der Waals surface area contributed by atoms with E-state index in [2.05, 4.69) is 9.97 Å². The molecule has 0 saturated carbocycles. The van der Waals surface area contributed by atoms with E-state index in [1.807, 2.05) is 24.3 Å². The molecule has 1 heterocycles. The third kappa shape index (κ3) is 3.03. The average molecular weight is 326 g/mol. The van der Waals surface area contributed by atoms with Crippen molar-refractivity contribution in [3.8, 4) is 17.2 Å². The van der Waals surface area contributed by atoms with Gasteiger partial charge in [0.05, 0.1) is 32.4 Å². The summed E-state index contributed by atoms with van der Waals surface area (Å²) in [5, 5.41) is 0. The fourth-order valence-electron chi connectivity index (χ4n) is 2.51. The number of nitrogens with zero attached hydrogens (tertiary/aromatic N) is 1. The summed E-state index contributed by atoms with van der Waals surface area (Å²) in [7, 11) is 4.73. The quantitative estimate of drug-likeness (QED) is 0.780. The van der Waals surface area contributed by atoms with Crippen LogP contribution in [0, 0.1) is 0 Å². The molecule has 1 N–H and O–H groups in total. The molecule has 0 aliphatic rings. The Morgan fingerprint density at radius 3 is 2.25 bits per heavy atom. The summed E-state index contributed by atoms with van der Waals surface area (Å²) >= 11 is 0. The molecule has 0 atom stereocenters. The number of hydrogen-bond donors (Lipinski definition) is 1. The maximum Gasteiger partial charge on any atom is 0.270 e. The zero-order chi connectivity index (χ0) is 17.1. The lowest BCUT2D eigenvalue weighted by Gasteiger charge is -2.09. The number of hydrogen-bond acceptors (Lipinski definition) is 5. The van der Waals surface area contributed by atoms with Crippen molar-refractivity contribution in [1.82, 2.24) is 9.97 Å². The van der Waals surface area contributed by atoms with Crippen LogP contribution in [-0.2, 0) is 6.42 Å². The molecular weight excluding hydrogens is 308 g/mol. The Morgan fingerprint density at radius 1 is 0.958 bits per heavy atom. The van der Waals surface area contributed by atoms with Gasteiger partial charge in [0.2, 0.25) is 0 Å². The standard InChI is InChI=1S/C18H18N2O4/c1-22-12-6-4-11(5-7-12)8-15-18(21)20-14-10-17(24-3)16(23-2)9-13(14)19-15/h4-7,9-10H,8H2,1-3H3,(H,20,21). The van der Waals surface area contributed by atoms with Crippen molar-refractivity contribution in [2.24, 2.45) is 0 Å². The number of rotatable bonds is 5. The molecule has 124 valence electrons. The number of nitrogens with one attached hydrogen (secondary N) is 1. The second kappa shape index (κ2) is 6.62. The molecule has 24 heavy (non-hydrogen) atoms. The minimum atomic E-state index is -0.217. The summed E-state index contributed by atoms with van der Waals surface area (Å²) in [5.41, 5.74) is 2.46. The smallest absolute Gasteiger partial charge is 0.270 e. The predicted octanol–water partition coefficient (Wildman–Crippen LogP) is 2.54. The highest BCUT2D eigenvalue weighted by Crippen LogP contribution is 2.30. The van der Waals surface area contributed by atoms with Crippen LogP contribution in [0.15, 0.2) is 41.2 Å². The van der Waals surface area contributed by atoms with Crippen LogP contribution in [-0.4, -0.2) is 31.3 Å². The minimum absolute atomic E-state index is 0.217. The molecule has 0 radical (unpaired) electrons. The van der Waals surface area contributed by atoms with Crippen LogP contribution in [0.25, 0.3) is 11.0 Å². The molecule has 2 aromatic carbocycles. The first-order chi connectivity index (χ1) is 11.6. The molecule has 1 aromatic heterocycles. The molecular formula is C18H18N2O4. The van der Waals surface area contributed by atoms with Crippen LogP contribution in [0.2, 0.25) is 0 Å². The largest absolute Gasteiger partial charge is 0.497 e. The average Bonchev–Trinajstić information content (AvgIpc) is 2.62. The van der Waals surface area contributed by atoms with Crippen LogP contribution < -0.4 is 19.8 Å². The van der Waals surface area contributed by atoms with Gasteiger partial charge in [-0.2, -0.15) is 0 Å². The zero-order valence-electron chi connectivity index (χ0n) is 13.8. The summed E-state index contributed by atoms with van der Waals surface area (Å²) in [6, 6.07) is 11.0. The van der Waals surface area contributed by atoms with E-state index >= 15 is 0 Å².